The number of para-hydroxylation sites is 1. The molecular weight excluding hydrogens is 288 g/mol. The van der Waals surface area contributed by atoms with Crippen molar-refractivity contribution >= 4 is 11.6 Å². The van der Waals surface area contributed by atoms with E-state index in [4.69, 9.17) is 0 Å². The number of carbonyl (C=O) groups is 1. The van der Waals surface area contributed by atoms with Gasteiger partial charge in [0.25, 0.3) is 0 Å². The lowest BCUT2D eigenvalue weighted by Gasteiger charge is -2.35. The van der Waals surface area contributed by atoms with Crippen LogP contribution in [0.5, 0.6) is 0 Å². The standard InChI is InChI=1S/C19H30N2O2/c1-14(2)17-9-6-7-15(3)19(17)20-18(23)13-21-11-5-4-8-16(21)10-12-22/h6-7,9,14,16,22H,4-5,8,10-13H2,1-3H3,(H,20,23). The number of anilines is 1. The fourth-order valence-corrected chi connectivity index (χ4v) is 3.45. The van der Waals surface area contributed by atoms with Crippen molar-refractivity contribution in [2.24, 2.45) is 0 Å². The van der Waals surface area contributed by atoms with Crippen LogP contribution in [0.15, 0.2) is 18.2 Å². The van der Waals surface area contributed by atoms with E-state index in [0.717, 1.165) is 37.1 Å². The topological polar surface area (TPSA) is 52.6 Å². The van der Waals surface area contributed by atoms with Crippen LogP contribution in [0.4, 0.5) is 5.69 Å². The normalized spacial score (nSPS) is 19.1. The van der Waals surface area contributed by atoms with Crippen LogP contribution in [0.25, 0.3) is 0 Å². The molecule has 128 valence electrons. The van der Waals surface area contributed by atoms with Crippen molar-refractivity contribution in [2.75, 3.05) is 25.0 Å². The number of aliphatic hydroxyl groups is 1. The minimum Gasteiger partial charge on any atom is -0.396 e. The molecule has 4 heteroatoms. The lowest BCUT2D eigenvalue weighted by molar-refractivity contribution is -0.118. The Morgan fingerprint density at radius 3 is 2.87 bits per heavy atom. The van der Waals surface area contributed by atoms with Gasteiger partial charge in [-0.3, -0.25) is 9.69 Å². The van der Waals surface area contributed by atoms with E-state index >= 15 is 0 Å². The monoisotopic (exact) mass is 318 g/mol. The maximum atomic E-state index is 12.5. The Morgan fingerprint density at radius 2 is 2.17 bits per heavy atom. The Balaban J connectivity index is 2.04. The maximum absolute atomic E-state index is 12.5. The van der Waals surface area contributed by atoms with Crippen LogP contribution >= 0.6 is 0 Å². The van der Waals surface area contributed by atoms with E-state index in [2.05, 4.69) is 30.1 Å². The second-order valence-electron chi connectivity index (χ2n) is 6.87. The van der Waals surface area contributed by atoms with Crippen LogP contribution in [-0.2, 0) is 4.79 Å². The molecule has 1 unspecified atom stereocenters. The quantitative estimate of drug-likeness (QED) is 0.846. The minimum absolute atomic E-state index is 0.0473. The molecule has 0 spiro atoms. The van der Waals surface area contributed by atoms with Crippen molar-refractivity contribution in [2.45, 2.75) is 58.4 Å². The maximum Gasteiger partial charge on any atom is 0.238 e. The Morgan fingerprint density at radius 1 is 1.39 bits per heavy atom. The molecule has 0 radical (unpaired) electrons. The van der Waals surface area contributed by atoms with Gasteiger partial charge < -0.3 is 10.4 Å². The molecule has 2 N–H and O–H groups in total. The van der Waals surface area contributed by atoms with Gasteiger partial charge in [0.2, 0.25) is 5.91 Å². The highest BCUT2D eigenvalue weighted by Crippen LogP contribution is 2.27. The molecule has 4 nitrogen and oxygen atoms in total. The zero-order valence-electron chi connectivity index (χ0n) is 14.6. The summed E-state index contributed by atoms with van der Waals surface area (Å²) in [7, 11) is 0. The minimum atomic E-state index is 0.0473. The molecule has 1 saturated heterocycles. The summed E-state index contributed by atoms with van der Waals surface area (Å²) in [5.74, 6) is 0.424. The number of benzene rings is 1. The first-order valence-corrected chi connectivity index (χ1v) is 8.77. The lowest BCUT2D eigenvalue weighted by atomic mass is 9.98. The largest absolute Gasteiger partial charge is 0.396 e. The predicted octanol–water partition coefficient (Wildman–Crippen LogP) is 3.29. The molecule has 2 rings (SSSR count). The van der Waals surface area contributed by atoms with Gasteiger partial charge in [-0.2, -0.15) is 0 Å². The summed E-state index contributed by atoms with van der Waals surface area (Å²) < 4.78 is 0. The van der Waals surface area contributed by atoms with Crippen LogP contribution in [-0.4, -0.2) is 41.7 Å². The third-order valence-electron chi connectivity index (χ3n) is 4.75. The van der Waals surface area contributed by atoms with Crippen molar-refractivity contribution in [1.82, 2.24) is 4.90 Å². The van der Waals surface area contributed by atoms with E-state index in [-0.39, 0.29) is 12.5 Å². The first kappa shape index (κ1) is 18.0. The average molecular weight is 318 g/mol. The summed E-state index contributed by atoms with van der Waals surface area (Å²) in [6.45, 7) is 7.88. The molecule has 23 heavy (non-hydrogen) atoms. The van der Waals surface area contributed by atoms with Crippen molar-refractivity contribution in [1.29, 1.82) is 0 Å². The second kappa shape index (κ2) is 8.46. The number of aryl methyl sites for hydroxylation is 1. The number of aliphatic hydroxyl groups excluding tert-OH is 1. The molecule has 0 bridgehead atoms. The van der Waals surface area contributed by atoms with E-state index in [1.807, 2.05) is 19.1 Å². The Bertz CT molecular complexity index is 526. The molecule has 1 amide bonds. The molecule has 0 aliphatic carbocycles. The number of nitrogens with zero attached hydrogens (tertiary/aromatic N) is 1. The van der Waals surface area contributed by atoms with Gasteiger partial charge in [0.1, 0.15) is 0 Å². The summed E-state index contributed by atoms with van der Waals surface area (Å²) in [5.41, 5.74) is 3.25. The van der Waals surface area contributed by atoms with Gasteiger partial charge >= 0.3 is 0 Å². The third-order valence-corrected chi connectivity index (χ3v) is 4.75. The molecule has 1 aliphatic rings. The Kier molecular flexibility index (Phi) is 6.60. The summed E-state index contributed by atoms with van der Waals surface area (Å²) in [6.07, 6.45) is 4.17. The molecule has 1 aromatic carbocycles. The van der Waals surface area contributed by atoms with Crippen LogP contribution in [0.1, 0.15) is 56.6 Å². The lowest BCUT2D eigenvalue weighted by Crippen LogP contribution is -2.44. The van der Waals surface area contributed by atoms with Gasteiger partial charge in [0, 0.05) is 18.3 Å². The number of carbonyl (C=O) groups excluding carboxylic acids is 1. The number of hydrogen-bond donors (Lipinski definition) is 2. The zero-order valence-corrected chi connectivity index (χ0v) is 14.6. The fraction of sp³-hybridized carbons (Fsp3) is 0.632. The van der Waals surface area contributed by atoms with Gasteiger partial charge in [0.15, 0.2) is 0 Å². The van der Waals surface area contributed by atoms with Gasteiger partial charge in [0.05, 0.1) is 6.54 Å². The van der Waals surface area contributed by atoms with Gasteiger partial charge in [-0.15, -0.1) is 0 Å². The van der Waals surface area contributed by atoms with E-state index in [1.165, 1.54) is 12.0 Å². The van der Waals surface area contributed by atoms with Crippen molar-refractivity contribution in [3.05, 3.63) is 29.3 Å². The van der Waals surface area contributed by atoms with E-state index in [0.29, 0.717) is 18.5 Å². The molecule has 1 heterocycles. The van der Waals surface area contributed by atoms with Gasteiger partial charge in [-0.1, -0.05) is 38.5 Å². The van der Waals surface area contributed by atoms with Crippen LogP contribution in [0.2, 0.25) is 0 Å². The number of amides is 1. The highest BCUT2D eigenvalue weighted by Gasteiger charge is 2.24. The first-order valence-electron chi connectivity index (χ1n) is 8.77. The van der Waals surface area contributed by atoms with Gasteiger partial charge in [-0.25, -0.2) is 0 Å². The number of piperidine rings is 1. The molecule has 1 atom stereocenters. The Hall–Kier alpha value is -1.39. The summed E-state index contributed by atoms with van der Waals surface area (Å²) >= 11 is 0. The molecule has 0 saturated carbocycles. The third kappa shape index (κ3) is 4.79. The van der Waals surface area contributed by atoms with E-state index < -0.39 is 0 Å². The molecule has 1 aromatic rings. The molecular formula is C19H30N2O2. The number of likely N-dealkylation sites (tertiary alicyclic amines) is 1. The molecule has 1 fully saturated rings. The zero-order chi connectivity index (χ0) is 16.8. The summed E-state index contributed by atoms with van der Waals surface area (Å²) in [6, 6.07) is 6.50. The van der Waals surface area contributed by atoms with Crippen molar-refractivity contribution < 1.29 is 9.90 Å². The highest BCUT2D eigenvalue weighted by atomic mass is 16.3. The van der Waals surface area contributed by atoms with Crippen molar-refractivity contribution in [3.63, 3.8) is 0 Å². The number of hydrogen-bond acceptors (Lipinski definition) is 3. The second-order valence-corrected chi connectivity index (χ2v) is 6.87. The van der Waals surface area contributed by atoms with Crippen LogP contribution in [0, 0.1) is 6.92 Å². The first-order chi connectivity index (χ1) is 11.0. The van der Waals surface area contributed by atoms with E-state index in [9.17, 15) is 9.90 Å². The Labute approximate surface area is 139 Å². The molecule has 1 aliphatic heterocycles. The van der Waals surface area contributed by atoms with Crippen molar-refractivity contribution in [3.8, 4) is 0 Å². The smallest absolute Gasteiger partial charge is 0.238 e. The van der Waals surface area contributed by atoms with Crippen LogP contribution in [0.3, 0.4) is 0 Å². The molecule has 0 aromatic heterocycles. The summed E-state index contributed by atoms with van der Waals surface area (Å²) in [5, 5.41) is 12.3. The predicted molar refractivity (Wildman–Crippen MR) is 94.8 cm³/mol. The highest BCUT2D eigenvalue weighted by molar-refractivity contribution is 5.94. The summed E-state index contributed by atoms with van der Waals surface area (Å²) in [4.78, 5) is 14.8. The number of nitrogens with one attached hydrogen (secondary N) is 1. The number of rotatable bonds is 6. The average Bonchev–Trinajstić information content (AvgIpc) is 2.51. The van der Waals surface area contributed by atoms with Crippen LogP contribution < -0.4 is 5.32 Å². The fourth-order valence-electron chi connectivity index (χ4n) is 3.45. The van der Waals surface area contributed by atoms with Gasteiger partial charge in [-0.05, 0) is 49.8 Å². The SMILES string of the molecule is Cc1cccc(C(C)C)c1NC(=O)CN1CCCCC1CCO. The van der Waals surface area contributed by atoms with E-state index in [1.54, 1.807) is 0 Å².